The summed E-state index contributed by atoms with van der Waals surface area (Å²) in [5, 5.41) is 3.56. The van der Waals surface area contributed by atoms with Crippen molar-refractivity contribution in [3.63, 3.8) is 0 Å². The van der Waals surface area contributed by atoms with E-state index in [-0.39, 0.29) is 28.0 Å². The lowest BCUT2D eigenvalue weighted by atomic mass is 10.0. The second-order valence-electron chi connectivity index (χ2n) is 5.75. The number of hydrogen-bond acceptors (Lipinski definition) is 4. The largest absolute Gasteiger partial charge is 0.451 e. The molecule has 0 atom stereocenters. The molecule has 0 unspecified atom stereocenters. The lowest BCUT2D eigenvalue weighted by molar-refractivity contribution is -0.125. The maximum absolute atomic E-state index is 13.2. The Morgan fingerprint density at radius 3 is 2.74 bits per heavy atom. The summed E-state index contributed by atoms with van der Waals surface area (Å²) in [6, 6.07) is 4.09. The number of esters is 1. The highest BCUT2D eigenvalue weighted by Crippen LogP contribution is 2.36. The number of thiophene rings is 1. The smallest absolute Gasteiger partial charge is 0.350 e. The van der Waals surface area contributed by atoms with E-state index < -0.39 is 11.8 Å². The molecular formula is C16H17ClFNO3S. The predicted molar refractivity (Wildman–Crippen MR) is 89.6 cm³/mol. The Balaban J connectivity index is 2.07. The molecule has 0 fully saturated rings. The minimum Gasteiger partial charge on any atom is -0.451 e. The number of benzene rings is 1. The zero-order chi connectivity index (χ0) is 17.2. The molecular weight excluding hydrogens is 341 g/mol. The lowest BCUT2D eigenvalue weighted by Gasteiger charge is -2.24. The topological polar surface area (TPSA) is 55.4 Å². The van der Waals surface area contributed by atoms with Crippen LogP contribution in [0.25, 0.3) is 10.1 Å². The first-order chi connectivity index (χ1) is 10.7. The van der Waals surface area contributed by atoms with Gasteiger partial charge in [-0.05, 0) is 38.5 Å². The number of amides is 1. The third-order valence-electron chi connectivity index (χ3n) is 3.47. The Morgan fingerprint density at radius 1 is 1.39 bits per heavy atom. The molecule has 0 aliphatic heterocycles. The molecule has 7 heteroatoms. The number of nitrogens with one attached hydrogen (secondary N) is 1. The summed E-state index contributed by atoms with van der Waals surface area (Å²) in [6.07, 6.45) is 0.750. The van der Waals surface area contributed by atoms with Gasteiger partial charge in [0, 0.05) is 15.6 Å². The molecule has 23 heavy (non-hydrogen) atoms. The maximum Gasteiger partial charge on any atom is 0.350 e. The van der Waals surface area contributed by atoms with Crippen molar-refractivity contribution in [3.05, 3.63) is 33.9 Å². The average Bonchev–Trinajstić information content (AvgIpc) is 2.81. The second-order valence-corrected chi connectivity index (χ2v) is 7.18. The molecule has 124 valence electrons. The second kappa shape index (κ2) is 6.84. The molecule has 0 saturated heterocycles. The van der Waals surface area contributed by atoms with Crippen LogP contribution < -0.4 is 5.32 Å². The van der Waals surface area contributed by atoms with E-state index in [2.05, 4.69) is 5.32 Å². The summed E-state index contributed by atoms with van der Waals surface area (Å²) in [5.74, 6) is -1.48. The zero-order valence-electron chi connectivity index (χ0n) is 13.0. The Labute approximate surface area is 142 Å². The highest BCUT2D eigenvalue weighted by atomic mass is 35.5. The quantitative estimate of drug-likeness (QED) is 0.817. The van der Waals surface area contributed by atoms with Gasteiger partial charge in [0.1, 0.15) is 10.7 Å². The van der Waals surface area contributed by atoms with Gasteiger partial charge >= 0.3 is 5.97 Å². The third-order valence-corrected chi connectivity index (χ3v) is 5.11. The molecule has 2 rings (SSSR count). The van der Waals surface area contributed by atoms with E-state index in [4.69, 9.17) is 16.3 Å². The van der Waals surface area contributed by atoms with Gasteiger partial charge in [-0.1, -0.05) is 18.5 Å². The molecule has 0 bridgehead atoms. The van der Waals surface area contributed by atoms with Crippen LogP contribution in [0.4, 0.5) is 4.39 Å². The minimum absolute atomic E-state index is 0.162. The monoisotopic (exact) mass is 357 g/mol. The number of ether oxygens (including phenoxy) is 1. The fourth-order valence-electron chi connectivity index (χ4n) is 1.87. The molecule has 0 aliphatic carbocycles. The van der Waals surface area contributed by atoms with Crippen LogP contribution in [0.3, 0.4) is 0 Å². The van der Waals surface area contributed by atoms with Gasteiger partial charge in [0.2, 0.25) is 0 Å². The van der Waals surface area contributed by atoms with Crippen molar-refractivity contribution in [2.75, 3.05) is 6.61 Å². The minimum atomic E-state index is -0.693. The Bertz CT molecular complexity index is 757. The van der Waals surface area contributed by atoms with E-state index in [0.29, 0.717) is 10.1 Å². The van der Waals surface area contributed by atoms with Gasteiger partial charge in [-0.3, -0.25) is 4.79 Å². The van der Waals surface area contributed by atoms with Gasteiger partial charge in [0.25, 0.3) is 5.91 Å². The highest BCUT2D eigenvalue weighted by molar-refractivity contribution is 7.21. The van der Waals surface area contributed by atoms with Crippen LogP contribution >= 0.6 is 22.9 Å². The van der Waals surface area contributed by atoms with Crippen LogP contribution in [0.5, 0.6) is 0 Å². The van der Waals surface area contributed by atoms with Crippen LogP contribution in [0, 0.1) is 5.82 Å². The number of fused-ring (bicyclic) bond motifs is 1. The normalized spacial score (nSPS) is 11.5. The van der Waals surface area contributed by atoms with Gasteiger partial charge in [0.15, 0.2) is 6.61 Å². The maximum atomic E-state index is 13.2. The van der Waals surface area contributed by atoms with Gasteiger partial charge < -0.3 is 10.1 Å². The molecule has 2 aromatic rings. The van der Waals surface area contributed by atoms with Gasteiger partial charge in [-0.25, -0.2) is 9.18 Å². The van der Waals surface area contributed by atoms with Gasteiger partial charge in [-0.15, -0.1) is 11.3 Å². The first-order valence-corrected chi connectivity index (χ1v) is 8.28. The molecule has 0 saturated carbocycles. The van der Waals surface area contributed by atoms with Crippen molar-refractivity contribution in [1.82, 2.24) is 5.32 Å². The summed E-state index contributed by atoms with van der Waals surface area (Å²) in [5.41, 5.74) is -0.365. The van der Waals surface area contributed by atoms with E-state index in [0.717, 1.165) is 17.8 Å². The van der Waals surface area contributed by atoms with Crippen LogP contribution in [-0.2, 0) is 9.53 Å². The Morgan fingerprint density at radius 2 is 2.09 bits per heavy atom. The van der Waals surface area contributed by atoms with Crippen LogP contribution in [0.15, 0.2) is 18.2 Å². The first-order valence-electron chi connectivity index (χ1n) is 7.09. The van der Waals surface area contributed by atoms with E-state index in [1.54, 1.807) is 0 Å². The molecule has 1 aromatic heterocycles. The van der Waals surface area contributed by atoms with Crippen molar-refractivity contribution in [3.8, 4) is 0 Å². The van der Waals surface area contributed by atoms with Crippen LogP contribution in [0.2, 0.25) is 5.02 Å². The predicted octanol–water partition coefficient (Wildman–Crippen LogP) is 4.16. The van der Waals surface area contributed by atoms with E-state index >= 15 is 0 Å². The highest BCUT2D eigenvalue weighted by Gasteiger charge is 2.22. The van der Waals surface area contributed by atoms with E-state index in [1.807, 2.05) is 20.8 Å². The zero-order valence-corrected chi connectivity index (χ0v) is 14.6. The number of carbonyl (C=O) groups is 2. The number of hydrogen-bond donors (Lipinski definition) is 1. The van der Waals surface area contributed by atoms with Gasteiger partial charge in [-0.2, -0.15) is 0 Å². The van der Waals surface area contributed by atoms with Gasteiger partial charge in [0.05, 0.1) is 5.02 Å². The molecule has 1 aromatic carbocycles. The lowest BCUT2D eigenvalue weighted by Crippen LogP contribution is -2.44. The molecule has 1 heterocycles. The van der Waals surface area contributed by atoms with Crippen molar-refractivity contribution < 1.29 is 18.7 Å². The number of carbonyl (C=O) groups excluding carboxylic acids is 2. The summed E-state index contributed by atoms with van der Waals surface area (Å²) in [7, 11) is 0. The third kappa shape index (κ3) is 4.20. The van der Waals surface area contributed by atoms with Crippen molar-refractivity contribution >= 4 is 44.9 Å². The van der Waals surface area contributed by atoms with Crippen LogP contribution in [-0.4, -0.2) is 24.0 Å². The van der Waals surface area contributed by atoms with Crippen molar-refractivity contribution in [2.45, 2.75) is 32.7 Å². The fraction of sp³-hybridized carbons (Fsp3) is 0.375. The first kappa shape index (κ1) is 17.7. The van der Waals surface area contributed by atoms with Crippen molar-refractivity contribution in [2.24, 2.45) is 0 Å². The average molecular weight is 358 g/mol. The summed E-state index contributed by atoms with van der Waals surface area (Å²) in [6.45, 7) is 5.32. The SMILES string of the molecule is CCC(C)(C)NC(=O)COC(=O)c1sc2cc(F)ccc2c1Cl. The Kier molecular flexibility index (Phi) is 5.26. The summed E-state index contributed by atoms with van der Waals surface area (Å²) >= 11 is 7.17. The molecule has 0 aliphatic rings. The number of halogens is 2. The standard InChI is InChI=1S/C16H17ClFNO3S/c1-4-16(2,3)19-12(20)8-22-15(21)14-13(17)10-6-5-9(18)7-11(10)23-14/h5-7H,4,8H2,1-3H3,(H,19,20). The molecule has 0 spiro atoms. The molecule has 0 radical (unpaired) electrons. The summed E-state index contributed by atoms with van der Waals surface area (Å²) < 4.78 is 18.8. The molecule has 1 amide bonds. The summed E-state index contributed by atoms with van der Waals surface area (Å²) in [4.78, 5) is 24.0. The van der Waals surface area contributed by atoms with E-state index in [1.165, 1.54) is 18.2 Å². The van der Waals surface area contributed by atoms with Crippen molar-refractivity contribution in [1.29, 1.82) is 0 Å². The Hall–Kier alpha value is -1.66. The molecule has 1 N–H and O–H groups in total. The number of rotatable bonds is 5. The van der Waals surface area contributed by atoms with Crippen LogP contribution in [0.1, 0.15) is 36.9 Å². The van der Waals surface area contributed by atoms with E-state index in [9.17, 15) is 14.0 Å². The fourth-order valence-corrected chi connectivity index (χ4v) is 3.30. The molecule has 4 nitrogen and oxygen atoms in total.